The largest absolute Gasteiger partial charge is 0.469 e. The number of hydrogen-bond acceptors (Lipinski definition) is 2. The van der Waals surface area contributed by atoms with Crippen molar-refractivity contribution in [1.82, 2.24) is 0 Å². The molecule has 0 atom stereocenters. The van der Waals surface area contributed by atoms with Gasteiger partial charge in [-0.25, -0.2) is 0 Å². The lowest BCUT2D eigenvalue weighted by molar-refractivity contribution is -0.140. The Kier molecular flexibility index (Phi) is 18.7. The maximum absolute atomic E-state index is 10.9. The molecule has 0 aromatic rings. The van der Waals surface area contributed by atoms with Crippen molar-refractivity contribution < 1.29 is 9.53 Å². The summed E-state index contributed by atoms with van der Waals surface area (Å²) in [4.78, 5) is 10.9. The number of rotatable bonds is 15. The van der Waals surface area contributed by atoms with E-state index in [2.05, 4.69) is 72.4 Å². The minimum Gasteiger partial charge on any atom is -0.469 e. The summed E-state index contributed by atoms with van der Waals surface area (Å²) in [6, 6.07) is 0. The maximum Gasteiger partial charge on any atom is 0.305 e. The minimum absolute atomic E-state index is 0.102. The molecule has 0 N–H and O–H groups in total. The molecular weight excluding hydrogens is 311 g/mol. The zero-order chi connectivity index (χ0) is 18.4. The molecule has 0 amide bonds. The van der Waals surface area contributed by atoms with Crippen LogP contribution < -0.4 is 0 Å². The highest BCUT2D eigenvalue weighted by atomic mass is 16.5. The van der Waals surface area contributed by atoms with Crippen LogP contribution in [0.2, 0.25) is 0 Å². The summed E-state index contributed by atoms with van der Waals surface area (Å²) >= 11 is 0. The van der Waals surface area contributed by atoms with E-state index >= 15 is 0 Å². The number of carbonyl (C=O) groups excluding carboxylic acids is 1. The molecule has 0 fully saturated rings. The van der Waals surface area contributed by atoms with Crippen LogP contribution in [0.15, 0.2) is 60.8 Å². The van der Waals surface area contributed by atoms with E-state index in [1.807, 2.05) is 0 Å². The Morgan fingerprint density at radius 1 is 0.680 bits per heavy atom. The van der Waals surface area contributed by atoms with Crippen LogP contribution in [-0.4, -0.2) is 13.1 Å². The average Bonchev–Trinajstić information content (AvgIpc) is 2.63. The third kappa shape index (κ3) is 20.1. The highest BCUT2D eigenvalue weighted by Crippen LogP contribution is 2.05. The summed E-state index contributed by atoms with van der Waals surface area (Å²) in [5.74, 6) is -0.102. The fourth-order valence-electron chi connectivity index (χ4n) is 2.18. The summed E-state index contributed by atoms with van der Waals surface area (Å²) in [6.45, 7) is 2.15. The molecule has 0 heterocycles. The smallest absolute Gasteiger partial charge is 0.305 e. The standard InChI is InChI=1S/C23H36O2/c1-3-4-5-6-7-8-9-10-11-12-13-14-15-16-17-18-19-20-21-22-23(24)25-2/h4-5,7-8,10-11,13-14,16-17H,3,6,9,12,15,18-22H2,1-2H3/b5-4+,8-7-,11-10?,14-13-,17-16+/i13+1,14+1,15+1. The van der Waals surface area contributed by atoms with E-state index in [4.69, 9.17) is 0 Å². The van der Waals surface area contributed by atoms with Gasteiger partial charge in [-0.1, -0.05) is 74.1 Å². The normalized spacial score (nSPS) is 12.6. The minimum atomic E-state index is -0.102. The molecule has 0 unspecified atom stereocenters. The first-order valence-corrected chi connectivity index (χ1v) is 9.63. The van der Waals surface area contributed by atoms with Crippen molar-refractivity contribution in [3.05, 3.63) is 60.8 Å². The van der Waals surface area contributed by atoms with Gasteiger partial charge in [0.15, 0.2) is 0 Å². The second-order valence-electron chi connectivity index (χ2n) is 5.88. The van der Waals surface area contributed by atoms with E-state index < -0.39 is 0 Å². The molecule has 2 nitrogen and oxygen atoms in total. The molecule has 25 heavy (non-hydrogen) atoms. The Morgan fingerprint density at radius 2 is 1.16 bits per heavy atom. The van der Waals surface area contributed by atoms with Gasteiger partial charge in [0.1, 0.15) is 0 Å². The van der Waals surface area contributed by atoms with E-state index in [1.165, 1.54) is 7.11 Å². The van der Waals surface area contributed by atoms with Gasteiger partial charge in [-0.3, -0.25) is 4.79 Å². The van der Waals surface area contributed by atoms with Gasteiger partial charge in [0.05, 0.1) is 7.11 Å². The lowest BCUT2D eigenvalue weighted by atomic mass is 10.1. The number of allylic oxidation sites excluding steroid dienone is 10. The Labute approximate surface area is 155 Å². The second kappa shape index (κ2) is 20.2. The molecule has 0 aliphatic heterocycles. The molecule has 0 aliphatic carbocycles. The predicted molar refractivity (Wildman–Crippen MR) is 110 cm³/mol. The van der Waals surface area contributed by atoms with Crippen LogP contribution in [0, 0.1) is 0 Å². The quantitative estimate of drug-likeness (QED) is 0.140. The van der Waals surface area contributed by atoms with E-state index in [0.717, 1.165) is 57.8 Å². The van der Waals surface area contributed by atoms with Gasteiger partial charge in [-0.15, -0.1) is 0 Å². The van der Waals surface area contributed by atoms with Crippen molar-refractivity contribution in [2.24, 2.45) is 0 Å². The Balaban J connectivity index is 3.43. The number of methoxy groups -OCH3 is 1. The van der Waals surface area contributed by atoms with E-state index in [1.54, 1.807) is 0 Å². The lowest BCUT2D eigenvalue weighted by Gasteiger charge is -1.98. The molecule has 0 aromatic carbocycles. The molecule has 0 saturated heterocycles. The van der Waals surface area contributed by atoms with Crippen LogP contribution in [-0.2, 0) is 9.53 Å². The number of ether oxygens (including phenoxy) is 1. The molecule has 0 aromatic heterocycles. The van der Waals surface area contributed by atoms with Crippen molar-refractivity contribution in [1.29, 1.82) is 0 Å². The topological polar surface area (TPSA) is 26.3 Å². The van der Waals surface area contributed by atoms with Crippen molar-refractivity contribution in [3.63, 3.8) is 0 Å². The highest BCUT2D eigenvalue weighted by molar-refractivity contribution is 5.68. The van der Waals surface area contributed by atoms with Crippen LogP contribution in [0.4, 0.5) is 0 Å². The van der Waals surface area contributed by atoms with Gasteiger partial charge in [0.25, 0.3) is 0 Å². The third-order valence-corrected chi connectivity index (χ3v) is 3.64. The SMILES string of the molecule is CC/C=C/C/C=C\CC=CC/[13CH]=[13CH]\[13CH2]/C=C/CCCCCC(=O)OC. The summed E-state index contributed by atoms with van der Waals surface area (Å²) in [7, 11) is 1.44. The molecule has 0 rings (SSSR count). The van der Waals surface area contributed by atoms with Crippen LogP contribution in [0.1, 0.15) is 71.1 Å². The summed E-state index contributed by atoms with van der Waals surface area (Å²) in [5.41, 5.74) is 0. The monoisotopic (exact) mass is 347 g/mol. The zero-order valence-electron chi connectivity index (χ0n) is 16.2. The third-order valence-electron chi connectivity index (χ3n) is 3.64. The van der Waals surface area contributed by atoms with Crippen molar-refractivity contribution >= 4 is 5.97 Å². The average molecular weight is 348 g/mol. The predicted octanol–water partition coefficient (Wildman–Crippen LogP) is 6.86. The number of unbranched alkanes of at least 4 members (excludes halogenated alkanes) is 3. The van der Waals surface area contributed by atoms with E-state index in [0.29, 0.717) is 6.42 Å². The van der Waals surface area contributed by atoms with Crippen molar-refractivity contribution in [2.45, 2.75) is 71.1 Å². The Bertz CT molecular complexity index is 439. The lowest BCUT2D eigenvalue weighted by Crippen LogP contribution is -1.98. The zero-order valence-corrected chi connectivity index (χ0v) is 16.2. The molecule has 140 valence electrons. The fraction of sp³-hybridized carbons (Fsp3) is 0.522. The molecule has 0 radical (unpaired) electrons. The molecule has 2 heteroatoms. The first-order valence-electron chi connectivity index (χ1n) is 9.63. The first-order chi connectivity index (χ1) is 12.3. The van der Waals surface area contributed by atoms with Crippen LogP contribution in [0.5, 0.6) is 0 Å². The van der Waals surface area contributed by atoms with Gasteiger partial charge < -0.3 is 4.74 Å². The Morgan fingerprint density at radius 3 is 1.64 bits per heavy atom. The maximum atomic E-state index is 10.9. The summed E-state index contributed by atoms with van der Waals surface area (Å²) in [6.07, 6.45) is 32.1. The second-order valence-corrected chi connectivity index (χ2v) is 5.88. The van der Waals surface area contributed by atoms with Gasteiger partial charge in [0, 0.05) is 6.42 Å². The first kappa shape index (κ1) is 23.2. The highest BCUT2D eigenvalue weighted by Gasteiger charge is 1.97. The molecule has 0 spiro atoms. The van der Waals surface area contributed by atoms with Crippen LogP contribution in [0.3, 0.4) is 0 Å². The fourth-order valence-corrected chi connectivity index (χ4v) is 2.18. The van der Waals surface area contributed by atoms with Gasteiger partial charge in [-0.2, -0.15) is 0 Å². The molecule has 0 saturated carbocycles. The van der Waals surface area contributed by atoms with Crippen LogP contribution >= 0.6 is 0 Å². The molecular formula is C23H36O2. The van der Waals surface area contributed by atoms with E-state index in [9.17, 15) is 4.79 Å². The molecule has 0 bridgehead atoms. The van der Waals surface area contributed by atoms with Crippen molar-refractivity contribution in [2.75, 3.05) is 7.11 Å². The number of hydrogen-bond donors (Lipinski definition) is 0. The summed E-state index contributed by atoms with van der Waals surface area (Å²) in [5, 5.41) is 0. The van der Waals surface area contributed by atoms with Crippen LogP contribution in [0.25, 0.3) is 0 Å². The van der Waals surface area contributed by atoms with Gasteiger partial charge in [-0.05, 0) is 51.4 Å². The number of carbonyl (C=O) groups is 1. The van der Waals surface area contributed by atoms with E-state index in [-0.39, 0.29) is 5.97 Å². The summed E-state index contributed by atoms with van der Waals surface area (Å²) < 4.78 is 4.62. The molecule has 0 aliphatic rings. The van der Waals surface area contributed by atoms with Crippen molar-refractivity contribution in [3.8, 4) is 0 Å². The Hall–Kier alpha value is -1.83. The van der Waals surface area contributed by atoms with Gasteiger partial charge in [0.2, 0.25) is 0 Å². The van der Waals surface area contributed by atoms with Gasteiger partial charge >= 0.3 is 5.97 Å². The number of esters is 1.